The number of esters is 2. The Kier molecular flexibility index (Phi) is 7.60. The molecule has 0 saturated heterocycles. The van der Waals surface area contributed by atoms with Crippen molar-refractivity contribution in [1.29, 1.82) is 5.26 Å². The second-order valence-electron chi connectivity index (χ2n) is 5.84. The Morgan fingerprint density at radius 2 is 1.97 bits per heavy atom. The summed E-state index contributed by atoms with van der Waals surface area (Å²) in [6, 6.07) is 5.36. The minimum Gasteiger partial charge on any atom is -0.479 e. The van der Waals surface area contributed by atoms with Crippen molar-refractivity contribution in [2.24, 2.45) is 0 Å². The van der Waals surface area contributed by atoms with E-state index in [1.165, 1.54) is 11.3 Å². The lowest BCUT2D eigenvalue weighted by Gasteiger charge is -2.39. The second-order valence-corrected chi connectivity index (χ2v) is 8.93. The Labute approximate surface area is 172 Å². The highest BCUT2D eigenvalue weighted by Gasteiger charge is 2.69. The molecule has 0 radical (unpaired) electrons. The van der Waals surface area contributed by atoms with E-state index in [1.807, 2.05) is 6.07 Å². The summed E-state index contributed by atoms with van der Waals surface area (Å²) in [5, 5.41) is 11.4. The summed E-state index contributed by atoms with van der Waals surface area (Å²) in [5.74, 6) is -3.12. The zero-order chi connectivity index (χ0) is 21.7. The molecule has 0 fully saturated rings. The van der Waals surface area contributed by atoms with Crippen molar-refractivity contribution in [2.75, 3.05) is 27.4 Å². The summed E-state index contributed by atoms with van der Waals surface area (Å²) >= 11 is 1.24. The first-order valence-corrected chi connectivity index (χ1v) is 11.2. The number of hydrogen-bond donors (Lipinski definition) is 0. The van der Waals surface area contributed by atoms with Crippen LogP contribution in [0.2, 0.25) is 0 Å². The molecule has 1 aromatic rings. The molecule has 2 rings (SSSR count). The molecular formula is C18H22NO8PS. The normalized spacial score (nSPS) is 22.2. The molecule has 0 spiro atoms. The highest BCUT2D eigenvalue weighted by molar-refractivity contribution is 7.56. The van der Waals surface area contributed by atoms with Crippen molar-refractivity contribution < 1.29 is 37.4 Å². The molecule has 1 aromatic heterocycles. The zero-order valence-corrected chi connectivity index (χ0v) is 18.2. The van der Waals surface area contributed by atoms with Crippen LogP contribution in [0.1, 0.15) is 24.6 Å². The minimum atomic E-state index is -4.30. The maximum atomic E-state index is 13.7. The number of nitriles is 1. The fraction of sp³-hybridized carbons (Fsp3) is 0.500. The van der Waals surface area contributed by atoms with Crippen LogP contribution in [0.3, 0.4) is 0 Å². The Hall–Kier alpha value is -2.18. The van der Waals surface area contributed by atoms with Crippen LogP contribution < -0.4 is 0 Å². The van der Waals surface area contributed by atoms with Gasteiger partial charge in [-0.1, -0.05) is 6.07 Å². The molecule has 1 aliphatic rings. The zero-order valence-electron chi connectivity index (χ0n) is 16.4. The van der Waals surface area contributed by atoms with Gasteiger partial charge in [0.2, 0.25) is 11.3 Å². The number of nitrogens with zero attached hydrogens (tertiary/aromatic N) is 1. The van der Waals surface area contributed by atoms with E-state index in [0.717, 1.165) is 20.5 Å². The number of hydrogen-bond acceptors (Lipinski definition) is 10. The summed E-state index contributed by atoms with van der Waals surface area (Å²) in [7, 11) is -2.12. The van der Waals surface area contributed by atoms with E-state index in [-0.39, 0.29) is 18.8 Å². The Bertz CT molecular complexity index is 852. The highest BCUT2D eigenvalue weighted by atomic mass is 32.1. The topological polar surface area (TPSA) is 121 Å². The van der Waals surface area contributed by atoms with Crippen LogP contribution in [-0.4, -0.2) is 50.6 Å². The predicted octanol–water partition coefficient (Wildman–Crippen LogP) is 2.99. The molecule has 0 saturated carbocycles. The Morgan fingerprint density at radius 3 is 2.41 bits per heavy atom. The molecule has 11 heteroatoms. The summed E-state index contributed by atoms with van der Waals surface area (Å²) in [4.78, 5) is 26.5. The van der Waals surface area contributed by atoms with Gasteiger partial charge >= 0.3 is 19.5 Å². The van der Waals surface area contributed by atoms with Crippen LogP contribution in [-0.2, 0) is 37.4 Å². The van der Waals surface area contributed by atoms with Crippen molar-refractivity contribution >= 4 is 30.9 Å². The van der Waals surface area contributed by atoms with Crippen LogP contribution >= 0.6 is 18.9 Å². The molecule has 3 atom stereocenters. The second kappa shape index (κ2) is 9.55. The SMILES string of the molecule is CCOP(=O)(OCC)C(C(=O)OC)C1(C(=O)OC)OC=C(C#N)[C@@H]1c1cccs1. The monoisotopic (exact) mass is 443 g/mol. The number of rotatable bonds is 9. The molecular weight excluding hydrogens is 421 g/mol. The lowest BCUT2D eigenvalue weighted by molar-refractivity contribution is -0.169. The van der Waals surface area contributed by atoms with E-state index >= 15 is 0 Å². The van der Waals surface area contributed by atoms with E-state index in [2.05, 4.69) is 0 Å². The van der Waals surface area contributed by atoms with Gasteiger partial charge in [0.1, 0.15) is 0 Å². The average molecular weight is 443 g/mol. The number of ether oxygens (including phenoxy) is 3. The third kappa shape index (κ3) is 3.96. The lowest BCUT2D eigenvalue weighted by Crippen LogP contribution is -2.57. The first-order valence-electron chi connectivity index (χ1n) is 8.72. The van der Waals surface area contributed by atoms with Crippen molar-refractivity contribution in [2.45, 2.75) is 31.0 Å². The van der Waals surface area contributed by atoms with E-state index in [4.69, 9.17) is 23.3 Å². The Morgan fingerprint density at radius 1 is 1.31 bits per heavy atom. The molecule has 2 unspecified atom stereocenters. The highest BCUT2D eigenvalue weighted by Crippen LogP contribution is 2.62. The number of methoxy groups -OCH3 is 2. The third-order valence-corrected chi connectivity index (χ3v) is 7.75. The van der Waals surface area contributed by atoms with Crippen LogP contribution in [0.15, 0.2) is 29.3 Å². The molecule has 2 heterocycles. The first-order chi connectivity index (χ1) is 13.9. The Balaban J connectivity index is 2.82. The quantitative estimate of drug-likeness (QED) is 0.419. The molecule has 0 aliphatic carbocycles. The molecule has 0 amide bonds. The maximum absolute atomic E-state index is 13.7. The number of thiophene rings is 1. The predicted molar refractivity (Wildman–Crippen MR) is 103 cm³/mol. The van der Waals surface area contributed by atoms with Crippen LogP contribution in [0.25, 0.3) is 0 Å². The van der Waals surface area contributed by atoms with Gasteiger partial charge in [-0.05, 0) is 25.3 Å². The van der Waals surface area contributed by atoms with E-state index < -0.39 is 36.7 Å². The van der Waals surface area contributed by atoms with Crippen molar-refractivity contribution in [3.63, 3.8) is 0 Å². The average Bonchev–Trinajstić information content (AvgIpc) is 3.35. The largest absolute Gasteiger partial charge is 0.479 e. The molecule has 158 valence electrons. The van der Waals surface area contributed by atoms with E-state index in [0.29, 0.717) is 4.88 Å². The van der Waals surface area contributed by atoms with E-state index in [9.17, 15) is 19.4 Å². The fourth-order valence-electron chi connectivity index (χ4n) is 3.30. The summed E-state index contributed by atoms with van der Waals surface area (Å²) in [6.45, 7) is 3.00. The summed E-state index contributed by atoms with van der Waals surface area (Å²) in [6.07, 6.45) is 1.07. The van der Waals surface area contributed by atoms with Gasteiger partial charge < -0.3 is 23.3 Å². The number of carbonyl (C=O) groups excluding carboxylic acids is 2. The summed E-state index contributed by atoms with van der Waals surface area (Å²) in [5.41, 5.74) is -3.98. The first kappa shape index (κ1) is 23.1. The number of carbonyl (C=O) groups is 2. The van der Waals surface area contributed by atoms with Crippen LogP contribution in [0.4, 0.5) is 0 Å². The van der Waals surface area contributed by atoms with Gasteiger partial charge in [0.25, 0.3) is 0 Å². The maximum Gasteiger partial charge on any atom is 0.352 e. The summed E-state index contributed by atoms with van der Waals surface area (Å²) < 4.78 is 39.9. The van der Waals surface area contributed by atoms with Gasteiger partial charge in [-0.25, -0.2) is 4.79 Å². The van der Waals surface area contributed by atoms with Gasteiger partial charge in [-0.15, -0.1) is 11.3 Å². The molecule has 9 nitrogen and oxygen atoms in total. The molecule has 0 aromatic carbocycles. The molecule has 0 bridgehead atoms. The van der Waals surface area contributed by atoms with Gasteiger partial charge in [0.05, 0.1) is 51.3 Å². The van der Waals surface area contributed by atoms with Crippen LogP contribution in [0.5, 0.6) is 0 Å². The molecule has 0 N–H and O–H groups in total. The molecule has 29 heavy (non-hydrogen) atoms. The standard InChI is InChI=1S/C18H22NO8PS/c1-5-26-28(22,27-6-2)15(16(20)23-3)18(17(21)24-4)14(12(10-19)11-25-18)13-8-7-9-29-13/h7-9,11,14-15H,5-6H2,1-4H3/t14-,15?,18?/m1/s1. The van der Waals surface area contributed by atoms with Gasteiger partial charge in [-0.2, -0.15) is 5.26 Å². The van der Waals surface area contributed by atoms with Crippen molar-refractivity contribution in [3.8, 4) is 6.07 Å². The lowest BCUT2D eigenvalue weighted by atomic mass is 9.80. The van der Waals surface area contributed by atoms with Gasteiger partial charge in [0, 0.05) is 4.88 Å². The van der Waals surface area contributed by atoms with Gasteiger partial charge in [0.15, 0.2) is 0 Å². The third-order valence-electron chi connectivity index (χ3n) is 4.35. The van der Waals surface area contributed by atoms with E-state index in [1.54, 1.807) is 31.4 Å². The smallest absolute Gasteiger partial charge is 0.352 e. The van der Waals surface area contributed by atoms with Crippen molar-refractivity contribution in [1.82, 2.24) is 0 Å². The minimum absolute atomic E-state index is 0.0614. The molecule has 1 aliphatic heterocycles. The van der Waals surface area contributed by atoms with Crippen LogP contribution in [0, 0.1) is 11.3 Å². The van der Waals surface area contributed by atoms with Gasteiger partial charge in [-0.3, -0.25) is 9.36 Å². The van der Waals surface area contributed by atoms with Crippen molar-refractivity contribution in [3.05, 3.63) is 34.2 Å². The fourth-order valence-corrected chi connectivity index (χ4v) is 6.45.